The average molecular weight is 198 g/mol. The maximum atomic E-state index is 11.6. The molecule has 4 atom stereocenters. The number of amides is 1. The molecule has 80 valence electrons. The predicted molar refractivity (Wildman–Crippen MR) is 52.9 cm³/mol. The van der Waals surface area contributed by atoms with Gasteiger partial charge >= 0.3 is 0 Å². The van der Waals surface area contributed by atoms with Gasteiger partial charge in [0, 0.05) is 26.1 Å². The monoisotopic (exact) mass is 198 g/mol. The van der Waals surface area contributed by atoms with Crippen LogP contribution < -0.4 is 10.6 Å². The summed E-state index contributed by atoms with van der Waals surface area (Å²) in [5.41, 5.74) is 0. The molecule has 1 saturated carbocycles. The Hall–Kier alpha value is -0.610. The number of carbonyl (C=O) groups is 1. The Morgan fingerprint density at radius 1 is 1.50 bits per heavy atom. The topological polar surface area (TPSA) is 50.4 Å². The van der Waals surface area contributed by atoms with E-state index in [4.69, 9.17) is 4.74 Å². The van der Waals surface area contributed by atoms with Crippen LogP contribution >= 0.6 is 0 Å². The third kappa shape index (κ3) is 1.91. The Morgan fingerprint density at radius 3 is 2.79 bits per heavy atom. The zero-order valence-electron chi connectivity index (χ0n) is 8.75. The number of methoxy groups -OCH3 is 1. The maximum absolute atomic E-state index is 11.6. The van der Waals surface area contributed by atoms with Crippen molar-refractivity contribution < 1.29 is 9.53 Å². The van der Waals surface area contributed by atoms with Crippen molar-refractivity contribution in [2.45, 2.75) is 25.5 Å². The van der Waals surface area contributed by atoms with Crippen LogP contribution in [0.25, 0.3) is 0 Å². The minimum atomic E-state index is 0.132. The molecule has 1 heterocycles. The summed E-state index contributed by atoms with van der Waals surface area (Å²) in [6.45, 7) is 3.78. The first-order chi connectivity index (χ1) is 6.72. The lowest BCUT2D eigenvalue weighted by molar-refractivity contribution is -0.123. The summed E-state index contributed by atoms with van der Waals surface area (Å²) < 4.78 is 5.27. The Balaban J connectivity index is 1.81. The van der Waals surface area contributed by atoms with Crippen LogP contribution in [0, 0.1) is 11.8 Å². The summed E-state index contributed by atoms with van der Waals surface area (Å²) in [6.07, 6.45) is 1.18. The normalized spacial score (nSPS) is 41.0. The fraction of sp³-hybridized carbons (Fsp3) is 0.900. The fourth-order valence-corrected chi connectivity index (χ4v) is 2.02. The molecule has 2 rings (SSSR count). The Kier molecular flexibility index (Phi) is 2.74. The number of rotatable bonds is 3. The molecule has 4 heteroatoms. The third-order valence-corrected chi connectivity index (χ3v) is 3.24. The van der Waals surface area contributed by atoms with Crippen molar-refractivity contribution in [1.82, 2.24) is 10.6 Å². The first kappa shape index (κ1) is 9.93. The van der Waals surface area contributed by atoms with Crippen molar-refractivity contribution in [1.29, 1.82) is 0 Å². The van der Waals surface area contributed by atoms with Crippen molar-refractivity contribution >= 4 is 5.91 Å². The van der Waals surface area contributed by atoms with Gasteiger partial charge in [-0.2, -0.15) is 0 Å². The van der Waals surface area contributed by atoms with Crippen LogP contribution in [0.15, 0.2) is 0 Å². The highest BCUT2D eigenvalue weighted by molar-refractivity contribution is 5.81. The Bertz CT molecular complexity index is 232. The van der Waals surface area contributed by atoms with Gasteiger partial charge in [-0.1, -0.05) is 6.92 Å². The third-order valence-electron chi connectivity index (χ3n) is 3.24. The molecule has 14 heavy (non-hydrogen) atoms. The Morgan fingerprint density at radius 2 is 2.21 bits per heavy atom. The molecule has 3 unspecified atom stereocenters. The highest BCUT2D eigenvalue weighted by atomic mass is 16.5. The van der Waals surface area contributed by atoms with Crippen molar-refractivity contribution in [3.8, 4) is 0 Å². The zero-order chi connectivity index (χ0) is 10.1. The summed E-state index contributed by atoms with van der Waals surface area (Å²) in [7, 11) is 1.69. The summed E-state index contributed by atoms with van der Waals surface area (Å²) in [6, 6.07) is 0.153. The number of hydrogen-bond donors (Lipinski definition) is 2. The fourth-order valence-electron chi connectivity index (χ4n) is 2.02. The lowest BCUT2D eigenvalue weighted by atomic mass is 10.2. The van der Waals surface area contributed by atoms with Crippen LogP contribution in [0.1, 0.15) is 13.3 Å². The largest absolute Gasteiger partial charge is 0.378 e. The molecule has 1 aliphatic carbocycles. The van der Waals surface area contributed by atoms with Gasteiger partial charge in [-0.15, -0.1) is 0 Å². The SMILES string of the molecule is CO[C@H]1CNCC1NC(=O)C1CC1C. The Labute approximate surface area is 84.4 Å². The van der Waals surface area contributed by atoms with Crippen LogP contribution in [-0.4, -0.2) is 38.3 Å². The van der Waals surface area contributed by atoms with Crippen LogP contribution in [0.2, 0.25) is 0 Å². The van der Waals surface area contributed by atoms with Gasteiger partial charge in [-0.3, -0.25) is 4.79 Å². The molecule has 2 fully saturated rings. The number of nitrogens with one attached hydrogen (secondary N) is 2. The predicted octanol–water partition coefficient (Wildman–Crippen LogP) is -0.255. The van der Waals surface area contributed by atoms with Crippen LogP contribution in [-0.2, 0) is 9.53 Å². The molecule has 0 spiro atoms. The van der Waals surface area contributed by atoms with Crippen molar-refractivity contribution in [2.24, 2.45) is 11.8 Å². The highest BCUT2D eigenvalue weighted by Crippen LogP contribution is 2.37. The van der Waals surface area contributed by atoms with E-state index < -0.39 is 0 Å². The van der Waals surface area contributed by atoms with Gasteiger partial charge < -0.3 is 15.4 Å². The van der Waals surface area contributed by atoms with E-state index >= 15 is 0 Å². The second kappa shape index (κ2) is 3.87. The lowest BCUT2D eigenvalue weighted by Gasteiger charge is -2.18. The van der Waals surface area contributed by atoms with Crippen molar-refractivity contribution in [2.75, 3.05) is 20.2 Å². The summed E-state index contributed by atoms with van der Waals surface area (Å²) in [5.74, 6) is 1.03. The van der Waals surface area contributed by atoms with Crippen molar-refractivity contribution in [3.05, 3.63) is 0 Å². The summed E-state index contributed by atoms with van der Waals surface area (Å²) >= 11 is 0. The van der Waals surface area contributed by atoms with Gasteiger partial charge in [0.2, 0.25) is 5.91 Å². The molecule has 0 aromatic rings. The standard InChI is InChI=1S/C10H18N2O2/c1-6-3-7(6)10(13)12-8-4-11-5-9(8)14-2/h6-9,11H,3-5H2,1-2H3,(H,12,13)/t6?,7?,8?,9-/m0/s1. The van der Waals surface area contributed by atoms with E-state index in [-0.39, 0.29) is 24.0 Å². The van der Waals surface area contributed by atoms with Crippen molar-refractivity contribution in [3.63, 3.8) is 0 Å². The smallest absolute Gasteiger partial charge is 0.223 e. The number of ether oxygens (including phenoxy) is 1. The minimum absolute atomic E-state index is 0.132. The molecular formula is C10H18N2O2. The van der Waals surface area contributed by atoms with E-state index in [0.29, 0.717) is 5.92 Å². The molecule has 0 aromatic heterocycles. The van der Waals surface area contributed by atoms with Gasteiger partial charge in [0.15, 0.2) is 0 Å². The van der Waals surface area contributed by atoms with E-state index in [0.717, 1.165) is 19.5 Å². The number of hydrogen-bond acceptors (Lipinski definition) is 3. The summed E-state index contributed by atoms with van der Waals surface area (Å²) in [5, 5.41) is 6.26. The van der Waals surface area contributed by atoms with Gasteiger partial charge in [0.25, 0.3) is 0 Å². The van der Waals surface area contributed by atoms with E-state index in [1.54, 1.807) is 7.11 Å². The molecule has 0 aromatic carbocycles. The van der Waals surface area contributed by atoms with Crippen LogP contribution in [0.5, 0.6) is 0 Å². The quantitative estimate of drug-likeness (QED) is 0.657. The first-order valence-electron chi connectivity index (χ1n) is 5.26. The molecule has 0 bridgehead atoms. The van der Waals surface area contributed by atoms with Gasteiger partial charge in [0.1, 0.15) is 0 Å². The van der Waals surface area contributed by atoms with Gasteiger partial charge in [-0.05, 0) is 12.3 Å². The summed E-state index contributed by atoms with van der Waals surface area (Å²) in [4.78, 5) is 11.6. The molecule has 2 N–H and O–H groups in total. The average Bonchev–Trinajstić information content (AvgIpc) is 2.74. The molecule has 4 nitrogen and oxygen atoms in total. The van der Waals surface area contributed by atoms with Gasteiger partial charge in [-0.25, -0.2) is 0 Å². The van der Waals surface area contributed by atoms with E-state index in [2.05, 4.69) is 17.6 Å². The second-order valence-electron chi connectivity index (χ2n) is 4.37. The molecule has 0 radical (unpaired) electrons. The molecule has 1 saturated heterocycles. The maximum Gasteiger partial charge on any atom is 0.223 e. The first-order valence-corrected chi connectivity index (χ1v) is 5.26. The lowest BCUT2D eigenvalue weighted by Crippen LogP contribution is -2.44. The van der Waals surface area contributed by atoms with Crippen LogP contribution in [0.4, 0.5) is 0 Å². The molecular weight excluding hydrogens is 180 g/mol. The van der Waals surface area contributed by atoms with Gasteiger partial charge in [0.05, 0.1) is 12.1 Å². The molecule has 1 amide bonds. The van der Waals surface area contributed by atoms with E-state index in [1.165, 1.54) is 0 Å². The highest BCUT2D eigenvalue weighted by Gasteiger charge is 2.41. The molecule has 2 aliphatic rings. The number of carbonyl (C=O) groups excluding carboxylic acids is 1. The zero-order valence-corrected chi connectivity index (χ0v) is 8.75. The minimum Gasteiger partial charge on any atom is -0.378 e. The van der Waals surface area contributed by atoms with E-state index in [1.807, 2.05) is 0 Å². The molecule has 1 aliphatic heterocycles. The second-order valence-corrected chi connectivity index (χ2v) is 4.37. The van der Waals surface area contributed by atoms with Crippen LogP contribution in [0.3, 0.4) is 0 Å². The van der Waals surface area contributed by atoms with E-state index in [9.17, 15) is 4.79 Å².